The number of carbonyl (C=O) groups excluding carboxylic acids is 2. The first-order valence-electron chi connectivity index (χ1n) is 11.1. The summed E-state index contributed by atoms with van der Waals surface area (Å²) in [5.41, 5.74) is 1.26. The predicted molar refractivity (Wildman–Crippen MR) is 125 cm³/mol. The Morgan fingerprint density at radius 1 is 1.03 bits per heavy atom. The molecule has 1 fully saturated rings. The van der Waals surface area contributed by atoms with E-state index in [1.54, 1.807) is 48.5 Å². The van der Waals surface area contributed by atoms with E-state index < -0.39 is 16.1 Å². The van der Waals surface area contributed by atoms with Gasteiger partial charge in [-0.1, -0.05) is 50.6 Å². The van der Waals surface area contributed by atoms with Gasteiger partial charge in [-0.25, -0.2) is 8.42 Å². The number of carbonyl (C=O) groups is 2. The summed E-state index contributed by atoms with van der Waals surface area (Å²) >= 11 is 0. The maximum Gasteiger partial charge on any atom is 0.251 e. The van der Waals surface area contributed by atoms with Crippen LogP contribution in [0.25, 0.3) is 0 Å². The van der Waals surface area contributed by atoms with Crippen molar-refractivity contribution in [3.8, 4) is 0 Å². The van der Waals surface area contributed by atoms with Crippen molar-refractivity contribution in [2.24, 2.45) is 5.92 Å². The van der Waals surface area contributed by atoms with Gasteiger partial charge in [0.15, 0.2) is 0 Å². The second kappa shape index (κ2) is 11.4. The van der Waals surface area contributed by atoms with Crippen molar-refractivity contribution in [3.05, 3.63) is 65.7 Å². The molecule has 2 aromatic rings. The van der Waals surface area contributed by atoms with Gasteiger partial charge in [-0.05, 0) is 35.7 Å². The first kappa shape index (κ1) is 24.9. The van der Waals surface area contributed by atoms with E-state index in [9.17, 15) is 18.0 Å². The Bertz CT molecular complexity index is 1040. The fraction of sp³-hybridized carbons (Fsp3) is 0.417. The zero-order valence-corrected chi connectivity index (χ0v) is 19.8. The fourth-order valence-corrected chi connectivity index (χ4v) is 4.94. The molecular weight excluding hydrogens is 442 g/mol. The number of hydrogen-bond acceptors (Lipinski definition) is 5. The lowest BCUT2D eigenvalue weighted by Gasteiger charge is -2.26. The summed E-state index contributed by atoms with van der Waals surface area (Å²) in [4.78, 5) is 25.6. The van der Waals surface area contributed by atoms with Crippen LogP contribution in [0.1, 0.15) is 36.2 Å². The number of nitrogens with zero attached hydrogens (tertiary/aromatic N) is 1. The number of rotatable bonds is 9. The molecule has 1 aliphatic rings. The highest BCUT2D eigenvalue weighted by molar-refractivity contribution is 7.89. The maximum atomic E-state index is 12.9. The zero-order valence-electron chi connectivity index (χ0n) is 19.0. The van der Waals surface area contributed by atoms with Crippen LogP contribution < -0.4 is 10.6 Å². The Morgan fingerprint density at radius 2 is 1.67 bits per heavy atom. The molecule has 33 heavy (non-hydrogen) atoms. The summed E-state index contributed by atoms with van der Waals surface area (Å²) in [5.74, 6) is -0.633. The highest BCUT2D eigenvalue weighted by Gasteiger charge is 2.27. The number of nitrogens with one attached hydrogen (secondary N) is 2. The predicted octanol–water partition coefficient (Wildman–Crippen LogP) is 2.17. The lowest BCUT2D eigenvalue weighted by Crippen LogP contribution is -2.50. The van der Waals surface area contributed by atoms with Gasteiger partial charge in [0.2, 0.25) is 15.9 Å². The number of hydrogen-bond donors (Lipinski definition) is 2. The van der Waals surface area contributed by atoms with Crippen LogP contribution in [0.15, 0.2) is 59.5 Å². The minimum atomic E-state index is -3.56. The van der Waals surface area contributed by atoms with Crippen LogP contribution in [0.2, 0.25) is 0 Å². The zero-order chi connectivity index (χ0) is 23.8. The highest BCUT2D eigenvalue weighted by atomic mass is 32.2. The molecule has 0 spiro atoms. The van der Waals surface area contributed by atoms with Crippen molar-refractivity contribution in [3.63, 3.8) is 0 Å². The largest absolute Gasteiger partial charge is 0.379 e. The van der Waals surface area contributed by atoms with Crippen molar-refractivity contribution < 1.29 is 22.7 Å². The van der Waals surface area contributed by atoms with Gasteiger partial charge in [0.1, 0.15) is 6.04 Å². The third kappa shape index (κ3) is 6.40. The van der Waals surface area contributed by atoms with Crippen molar-refractivity contribution in [1.29, 1.82) is 0 Å². The van der Waals surface area contributed by atoms with Crippen LogP contribution in [0, 0.1) is 5.92 Å². The third-order valence-electron chi connectivity index (χ3n) is 5.82. The van der Waals surface area contributed by atoms with Crippen LogP contribution in [-0.2, 0) is 26.1 Å². The molecule has 0 unspecified atom stereocenters. The molecule has 2 N–H and O–H groups in total. The molecule has 1 heterocycles. The number of ether oxygens (including phenoxy) is 1. The van der Waals surface area contributed by atoms with Crippen LogP contribution in [0.4, 0.5) is 0 Å². The average molecular weight is 474 g/mol. The van der Waals surface area contributed by atoms with Crippen molar-refractivity contribution in [2.45, 2.75) is 37.8 Å². The van der Waals surface area contributed by atoms with E-state index in [1.165, 1.54) is 4.31 Å². The molecule has 1 saturated heterocycles. The van der Waals surface area contributed by atoms with Crippen LogP contribution in [0.5, 0.6) is 0 Å². The summed E-state index contributed by atoms with van der Waals surface area (Å²) in [6.07, 6.45) is 0.723. The molecule has 1 aliphatic heterocycles. The summed E-state index contributed by atoms with van der Waals surface area (Å²) in [6.45, 7) is 5.57. The standard InChI is InChI=1S/C24H31N3O5S/c1-3-18(2)22(26-23(28)20-7-5-4-6-8-20)24(29)25-17-19-9-11-21(12-10-19)33(30,31)27-13-15-32-16-14-27/h4-12,18,22H,3,13-17H2,1-2H3,(H,25,29)(H,26,28)/t18-,22-/m0/s1. The van der Waals surface area contributed by atoms with E-state index in [1.807, 2.05) is 19.9 Å². The van der Waals surface area contributed by atoms with Gasteiger partial charge in [0, 0.05) is 25.2 Å². The summed E-state index contributed by atoms with van der Waals surface area (Å²) in [5, 5.41) is 5.70. The van der Waals surface area contributed by atoms with Gasteiger partial charge in [-0.2, -0.15) is 4.31 Å². The number of amides is 2. The molecule has 0 saturated carbocycles. The molecule has 2 amide bonds. The number of sulfonamides is 1. The Hall–Kier alpha value is -2.75. The van der Waals surface area contributed by atoms with Crippen molar-refractivity contribution in [1.82, 2.24) is 14.9 Å². The number of morpholine rings is 1. The molecule has 3 rings (SSSR count). The maximum absolute atomic E-state index is 12.9. The van der Waals surface area contributed by atoms with Gasteiger partial charge in [-0.15, -0.1) is 0 Å². The minimum absolute atomic E-state index is 0.0568. The summed E-state index contributed by atoms with van der Waals surface area (Å²) in [6, 6.07) is 14.6. The Morgan fingerprint density at radius 3 is 2.27 bits per heavy atom. The smallest absolute Gasteiger partial charge is 0.251 e. The monoisotopic (exact) mass is 473 g/mol. The molecule has 9 heteroatoms. The Labute approximate surface area is 195 Å². The molecule has 0 aliphatic carbocycles. The van der Waals surface area contributed by atoms with Crippen LogP contribution in [-0.4, -0.2) is 56.9 Å². The van der Waals surface area contributed by atoms with E-state index in [0.717, 1.165) is 12.0 Å². The molecule has 178 valence electrons. The Kier molecular flexibility index (Phi) is 8.60. The summed E-state index contributed by atoms with van der Waals surface area (Å²) in [7, 11) is -3.56. The van der Waals surface area contributed by atoms with Crippen molar-refractivity contribution in [2.75, 3.05) is 26.3 Å². The Balaban J connectivity index is 1.62. The number of benzene rings is 2. The first-order valence-corrected chi connectivity index (χ1v) is 12.6. The normalized spacial score (nSPS) is 16.5. The van der Waals surface area contributed by atoms with E-state index in [2.05, 4.69) is 10.6 Å². The molecule has 2 atom stereocenters. The molecule has 2 aromatic carbocycles. The lowest BCUT2D eigenvalue weighted by atomic mass is 9.97. The quantitative estimate of drug-likeness (QED) is 0.581. The topological polar surface area (TPSA) is 105 Å². The molecular formula is C24H31N3O5S. The highest BCUT2D eigenvalue weighted by Crippen LogP contribution is 2.18. The summed E-state index contributed by atoms with van der Waals surface area (Å²) < 4.78 is 32.1. The van der Waals surface area contributed by atoms with E-state index in [0.29, 0.717) is 31.9 Å². The van der Waals surface area contributed by atoms with Gasteiger partial charge in [0.05, 0.1) is 18.1 Å². The van der Waals surface area contributed by atoms with Gasteiger partial charge < -0.3 is 15.4 Å². The van der Waals surface area contributed by atoms with Crippen LogP contribution >= 0.6 is 0 Å². The molecule has 0 radical (unpaired) electrons. The molecule has 8 nitrogen and oxygen atoms in total. The first-order chi connectivity index (χ1) is 15.8. The van der Waals surface area contributed by atoms with Crippen molar-refractivity contribution >= 4 is 21.8 Å². The van der Waals surface area contributed by atoms with Gasteiger partial charge >= 0.3 is 0 Å². The second-order valence-electron chi connectivity index (χ2n) is 8.08. The fourth-order valence-electron chi connectivity index (χ4n) is 3.53. The van der Waals surface area contributed by atoms with E-state index >= 15 is 0 Å². The molecule has 0 aromatic heterocycles. The minimum Gasteiger partial charge on any atom is -0.379 e. The second-order valence-corrected chi connectivity index (χ2v) is 10.0. The lowest BCUT2D eigenvalue weighted by molar-refractivity contribution is -0.124. The van der Waals surface area contributed by atoms with E-state index in [4.69, 9.17) is 4.74 Å². The average Bonchev–Trinajstić information content (AvgIpc) is 2.86. The SMILES string of the molecule is CC[C@H](C)[C@H](NC(=O)c1ccccc1)C(=O)NCc1ccc(S(=O)(=O)N2CCOCC2)cc1. The van der Waals surface area contributed by atoms with E-state index in [-0.39, 0.29) is 29.2 Å². The van der Waals surface area contributed by atoms with Gasteiger partial charge in [0.25, 0.3) is 5.91 Å². The third-order valence-corrected chi connectivity index (χ3v) is 7.73. The molecule has 0 bridgehead atoms. The van der Waals surface area contributed by atoms with Crippen LogP contribution in [0.3, 0.4) is 0 Å². The van der Waals surface area contributed by atoms with Gasteiger partial charge in [-0.3, -0.25) is 9.59 Å².